The minimum absolute atomic E-state index is 0.240. The van der Waals surface area contributed by atoms with E-state index in [1.54, 1.807) is 6.20 Å². The summed E-state index contributed by atoms with van der Waals surface area (Å²) in [6.07, 6.45) is 5.76. The third-order valence-corrected chi connectivity index (χ3v) is 2.65. The molecule has 3 N–H and O–H groups in total. The molecule has 4 heteroatoms. The van der Waals surface area contributed by atoms with Gasteiger partial charge in [0.1, 0.15) is 0 Å². The summed E-state index contributed by atoms with van der Waals surface area (Å²) in [6, 6.07) is 8.24. The van der Waals surface area contributed by atoms with Gasteiger partial charge >= 0.3 is 0 Å². The van der Waals surface area contributed by atoms with Crippen LogP contribution in [0.15, 0.2) is 36.7 Å². The Morgan fingerprint density at radius 3 is 2.94 bits per heavy atom. The summed E-state index contributed by atoms with van der Waals surface area (Å²) in [6.45, 7) is 0. The summed E-state index contributed by atoms with van der Waals surface area (Å²) in [5.41, 5.74) is 8.53. The predicted molar refractivity (Wildman–Crippen MR) is 66.2 cm³/mol. The molecule has 1 amide bonds. The zero-order chi connectivity index (χ0) is 12.1. The van der Waals surface area contributed by atoms with E-state index >= 15 is 0 Å². The van der Waals surface area contributed by atoms with Gasteiger partial charge in [0.05, 0.1) is 6.20 Å². The topological polar surface area (TPSA) is 71.8 Å². The van der Waals surface area contributed by atoms with E-state index in [4.69, 9.17) is 5.73 Å². The minimum atomic E-state index is -0.240. The highest BCUT2D eigenvalue weighted by molar-refractivity contribution is 5.73. The number of H-pyrrole nitrogens is 1. The van der Waals surface area contributed by atoms with Gasteiger partial charge in [0.2, 0.25) is 5.91 Å². The van der Waals surface area contributed by atoms with Gasteiger partial charge in [-0.1, -0.05) is 24.3 Å². The highest BCUT2D eigenvalue weighted by atomic mass is 16.1. The Bertz CT molecular complexity index is 491. The van der Waals surface area contributed by atoms with Crippen LogP contribution in [0.25, 0.3) is 11.1 Å². The van der Waals surface area contributed by atoms with Crippen molar-refractivity contribution < 1.29 is 4.79 Å². The van der Waals surface area contributed by atoms with Crippen molar-refractivity contribution >= 4 is 5.91 Å². The molecule has 0 saturated heterocycles. The van der Waals surface area contributed by atoms with Crippen LogP contribution in [0.3, 0.4) is 0 Å². The fourth-order valence-corrected chi connectivity index (χ4v) is 1.78. The average Bonchev–Trinajstić information content (AvgIpc) is 2.82. The van der Waals surface area contributed by atoms with Crippen LogP contribution >= 0.6 is 0 Å². The van der Waals surface area contributed by atoms with Crippen LogP contribution in [0.2, 0.25) is 0 Å². The van der Waals surface area contributed by atoms with Gasteiger partial charge in [0, 0.05) is 18.2 Å². The summed E-state index contributed by atoms with van der Waals surface area (Å²) in [5, 5.41) is 6.72. The molecule has 17 heavy (non-hydrogen) atoms. The number of aromatic nitrogens is 2. The Morgan fingerprint density at radius 2 is 2.24 bits per heavy atom. The lowest BCUT2D eigenvalue weighted by Gasteiger charge is -2.03. The average molecular weight is 229 g/mol. The molecule has 4 nitrogen and oxygen atoms in total. The monoisotopic (exact) mass is 229 g/mol. The predicted octanol–water partition coefficient (Wildman–Crippen LogP) is 1.88. The molecular formula is C13H15N3O. The Labute approximate surface area is 99.8 Å². The molecule has 0 atom stereocenters. The van der Waals surface area contributed by atoms with E-state index in [9.17, 15) is 4.79 Å². The first-order chi connectivity index (χ1) is 8.25. The van der Waals surface area contributed by atoms with E-state index in [1.165, 1.54) is 5.56 Å². The standard InChI is InChI=1S/C13H15N3O/c14-13(17)6-2-4-10-3-1-5-11(7-10)12-8-15-16-9-12/h1,3,5,7-9H,2,4,6H2,(H2,14,17)(H,15,16). The molecule has 2 aromatic rings. The van der Waals surface area contributed by atoms with Gasteiger partial charge < -0.3 is 5.73 Å². The molecule has 0 unspecified atom stereocenters. The number of aryl methyl sites for hydroxylation is 1. The third-order valence-electron chi connectivity index (χ3n) is 2.65. The first-order valence-corrected chi connectivity index (χ1v) is 5.62. The number of carbonyl (C=O) groups is 1. The van der Waals surface area contributed by atoms with Crippen LogP contribution in [0.5, 0.6) is 0 Å². The number of rotatable bonds is 5. The smallest absolute Gasteiger partial charge is 0.217 e. The van der Waals surface area contributed by atoms with Gasteiger partial charge in [-0.15, -0.1) is 0 Å². The zero-order valence-corrected chi connectivity index (χ0v) is 9.52. The second kappa shape index (κ2) is 5.30. The van der Waals surface area contributed by atoms with Crippen LogP contribution in [-0.2, 0) is 11.2 Å². The number of nitrogens with two attached hydrogens (primary N) is 1. The van der Waals surface area contributed by atoms with Crippen molar-refractivity contribution in [2.75, 3.05) is 0 Å². The third kappa shape index (κ3) is 3.17. The Morgan fingerprint density at radius 1 is 1.35 bits per heavy atom. The molecule has 0 aliphatic heterocycles. The summed E-state index contributed by atoms with van der Waals surface area (Å²) < 4.78 is 0. The van der Waals surface area contributed by atoms with Crippen molar-refractivity contribution in [1.29, 1.82) is 0 Å². The first kappa shape index (κ1) is 11.4. The fourth-order valence-electron chi connectivity index (χ4n) is 1.78. The van der Waals surface area contributed by atoms with Crippen molar-refractivity contribution in [2.45, 2.75) is 19.3 Å². The fraction of sp³-hybridized carbons (Fsp3) is 0.231. The second-order valence-electron chi connectivity index (χ2n) is 4.01. The van der Waals surface area contributed by atoms with Crippen molar-refractivity contribution in [3.63, 3.8) is 0 Å². The molecule has 2 rings (SSSR count). The van der Waals surface area contributed by atoms with E-state index in [0.717, 1.165) is 24.0 Å². The lowest BCUT2D eigenvalue weighted by molar-refractivity contribution is -0.118. The van der Waals surface area contributed by atoms with E-state index in [0.29, 0.717) is 6.42 Å². The molecule has 0 fully saturated rings. The summed E-state index contributed by atoms with van der Waals surface area (Å²) in [4.78, 5) is 10.7. The van der Waals surface area contributed by atoms with Crippen molar-refractivity contribution in [2.24, 2.45) is 5.73 Å². The van der Waals surface area contributed by atoms with Crippen LogP contribution < -0.4 is 5.73 Å². The number of carbonyl (C=O) groups excluding carboxylic acids is 1. The van der Waals surface area contributed by atoms with E-state index in [1.807, 2.05) is 18.3 Å². The van der Waals surface area contributed by atoms with Crippen LogP contribution in [0, 0.1) is 0 Å². The molecule has 0 aliphatic carbocycles. The van der Waals surface area contributed by atoms with Gasteiger partial charge in [-0.05, 0) is 24.0 Å². The number of nitrogens with one attached hydrogen (secondary N) is 1. The normalized spacial score (nSPS) is 10.4. The lowest BCUT2D eigenvalue weighted by Crippen LogP contribution is -2.10. The number of benzene rings is 1. The summed E-state index contributed by atoms with van der Waals surface area (Å²) in [7, 11) is 0. The first-order valence-electron chi connectivity index (χ1n) is 5.62. The van der Waals surface area contributed by atoms with E-state index in [-0.39, 0.29) is 5.91 Å². The summed E-state index contributed by atoms with van der Waals surface area (Å²) >= 11 is 0. The number of amides is 1. The quantitative estimate of drug-likeness (QED) is 0.821. The lowest BCUT2D eigenvalue weighted by atomic mass is 10.0. The highest BCUT2D eigenvalue weighted by Gasteiger charge is 2.01. The van der Waals surface area contributed by atoms with Crippen molar-refractivity contribution in [3.05, 3.63) is 42.2 Å². The van der Waals surface area contributed by atoms with Crippen molar-refractivity contribution in [1.82, 2.24) is 10.2 Å². The SMILES string of the molecule is NC(=O)CCCc1cccc(-c2cn[nH]c2)c1. The van der Waals surface area contributed by atoms with Gasteiger partial charge in [0.15, 0.2) is 0 Å². The maximum atomic E-state index is 10.7. The number of nitrogens with zero attached hydrogens (tertiary/aromatic N) is 1. The maximum absolute atomic E-state index is 10.7. The number of hydrogen-bond donors (Lipinski definition) is 2. The van der Waals surface area contributed by atoms with Crippen LogP contribution in [0.1, 0.15) is 18.4 Å². The molecule has 0 bridgehead atoms. The number of primary amides is 1. The Hall–Kier alpha value is -2.10. The van der Waals surface area contributed by atoms with Gasteiger partial charge in [-0.25, -0.2) is 0 Å². The zero-order valence-electron chi connectivity index (χ0n) is 9.52. The molecule has 0 saturated carbocycles. The van der Waals surface area contributed by atoms with Gasteiger partial charge in [-0.2, -0.15) is 5.10 Å². The van der Waals surface area contributed by atoms with Gasteiger partial charge in [-0.3, -0.25) is 9.89 Å². The van der Waals surface area contributed by atoms with Crippen LogP contribution in [-0.4, -0.2) is 16.1 Å². The summed E-state index contributed by atoms with van der Waals surface area (Å²) in [5.74, 6) is -0.240. The van der Waals surface area contributed by atoms with Gasteiger partial charge in [0.25, 0.3) is 0 Å². The van der Waals surface area contributed by atoms with Crippen LogP contribution in [0.4, 0.5) is 0 Å². The minimum Gasteiger partial charge on any atom is -0.370 e. The van der Waals surface area contributed by atoms with E-state index < -0.39 is 0 Å². The molecule has 1 aromatic carbocycles. The second-order valence-corrected chi connectivity index (χ2v) is 4.01. The molecule has 1 heterocycles. The molecular weight excluding hydrogens is 214 g/mol. The molecule has 0 aliphatic rings. The molecule has 88 valence electrons. The number of hydrogen-bond acceptors (Lipinski definition) is 2. The molecule has 1 aromatic heterocycles. The largest absolute Gasteiger partial charge is 0.370 e. The molecule has 0 spiro atoms. The maximum Gasteiger partial charge on any atom is 0.217 e. The van der Waals surface area contributed by atoms with Crippen molar-refractivity contribution in [3.8, 4) is 11.1 Å². The number of aromatic amines is 1. The Balaban J connectivity index is 2.04. The highest BCUT2D eigenvalue weighted by Crippen LogP contribution is 2.19. The molecule has 0 radical (unpaired) electrons. The Kier molecular flexibility index (Phi) is 3.55. The van der Waals surface area contributed by atoms with E-state index in [2.05, 4.69) is 22.3 Å².